The number of amides is 1. The molecule has 1 saturated heterocycles. The second-order valence-corrected chi connectivity index (χ2v) is 6.52. The maximum Gasteiger partial charge on any atom is 0.281 e. The summed E-state index contributed by atoms with van der Waals surface area (Å²) in [4.78, 5) is 14.2. The van der Waals surface area contributed by atoms with Gasteiger partial charge in [0.15, 0.2) is 5.11 Å². The van der Waals surface area contributed by atoms with E-state index in [4.69, 9.17) is 21.7 Å². The van der Waals surface area contributed by atoms with Crippen LogP contribution >= 0.6 is 28.1 Å². The molecule has 3 rings (SSSR count). The van der Waals surface area contributed by atoms with E-state index in [-0.39, 0.29) is 5.91 Å². The van der Waals surface area contributed by atoms with Gasteiger partial charge in [0.1, 0.15) is 17.2 Å². The summed E-state index contributed by atoms with van der Waals surface area (Å²) in [6, 6.07) is 12.7. The fourth-order valence-corrected chi connectivity index (χ4v) is 3.15. The first-order valence-electron chi connectivity index (χ1n) is 7.38. The predicted molar refractivity (Wildman–Crippen MR) is 105 cm³/mol. The summed E-state index contributed by atoms with van der Waals surface area (Å²) >= 11 is 8.75. The van der Waals surface area contributed by atoms with Crippen LogP contribution in [0.2, 0.25) is 0 Å². The number of nitrogens with one attached hydrogen (secondary N) is 1. The number of hydrogen-bond donors (Lipinski definition) is 1. The highest BCUT2D eigenvalue weighted by Gasteiger charge is 2.32. The molecular weight excluding hydrogens is 404 g/mol. The summed E-state index contributed by atoms with van der Waals surface area (Å²) in [6.45, 7) is 0. The molecule has 1 fully saturated rings. The number of carbonyl (C=O) groups excluding carboxylic acids is 1. The van der Waals surface area contributed by atoms with Crippen LogP contribution in [0.1, 0.15) is 5.56 Å². The lowest BCUT2D eigenvalue weighted by molar-refractivity contribution is -0.113. The molecule has 0 atom stereocenters. The van der Waals surface area contributed by atoms with E-state index in [9.17, 15) is 4.79 Å². The van der Waals surface area contributed by atoms with Crippen molar-refractivity contribution < 1.29 is 14.3 Å². The van der Waals surface area contributed by atoms with E-state index in [1.165, 1.54) is 4.90 Å². The third-order valence-electron chi connectivity index (χ3n) is 3.70. The molecule has 0 radical (unpaired) electrons. The first-order valence-corrected chi connectivity index (χ1v) is 8.58. The summed E-state index contributed by atoms with van der Waals surface area (Å²) in [5.74, 6) is 1.15. The molecule has 2 aromatic rings. The standard InChI is InChI=1S/C18H15BrN2O3S/c1-23-14-6-4-13(5-7-14)21-17(22)15(20-18(21)25)10-11-9-12(19)3-8-16(11)24-2/h3-10H,1-2H3,(H,20,25)/b15-10+. The van der Waals surface area contributed by atoms with Crippen molar-refractivity contribution in [3.63, 3.8) is 0 Å². The van der Waals surface area contributed by atoms with Gasteiger partial charge in [-0.25, -0.2) is 0 Å². The molecule has 2 aromatic carbocycles. The monoisotopic (exact) mass is 418 g/mol. The van der Waals surface area contributed by atoms with Crippen LogP contribution < -0.4 is 19.7 Å². The molecule has 1 amide bonds. The quantitative estimate of drug-likeness (QED) is 0.605. The van der Waals surface area contributed by atoms with Crippen molar-refractivity contribution in [1.29, 1.82) is 0 Å². The molecule has 128 valence electrons. The summed E-state index contributed by atoms with van der Waals surface area (Å²) in [6.07, 6.45) is 1.72. The number of nitrogens with zero attached hydrogens (tertiary/aromatic N) is 1. The zero-order chi connectivity index (χ0) is 18.0. The van der Waals surface area contributed by atoms with Crippen LogP contribution in [0.25, 0.3) is 6.08 Å². The fraction of sp³-hybridized carbons (Fsp3) is 0.111. The Morgan fingerprint density at radius 3 is 2.48 bits per heavy atom. The second-order valence-electron chi connectivity index (χ2n) is 5.21. The van der Waals surface area contributed by atoms with E-state index in [2.05, 4.69) is 21.2 Å². The number of methoxy groups -OCH3 is 2. The largest absolute Gasteiger partial charge is 0.497 e. The SMILES string of the molecule is COc1ccc(N2C(=O)/C(=C\c3cc(Br)ccc3OC)NC2=S)cc1. The van der Waals surface area contributed by atoms with Crippen molar-refractivity contribution in [1.82, 2.24) is 5.32 Å². The first kappa shape index (κ1) is 17.4. The average molecular weight is 419 g/mol. The van der Waals surface area contributed by atoms with Crippen LogP contribution in [-0.2, 0) is 4.79 Å². The van der Waals surface area contributed by atoms with Crippen LogP contribution in [0.4, 0.5) is 5.69 Å². The Labute approximate surface area is 159 Å². The molecule has 0 spiro atoms. The summed E-state index contributed by atoms with van der Waals surface area (Å²) in [7, 11) is 3.18. The van der Waals surface area contributed by atoms with Crippen molar-refractivity contribution in [2.24, 2.45) is 0 Å². The highest BCUT2D eigenvalue weighted by molar-refractivity contribution is 9.10. The fourth-order valence-electron chi connectivity index (χ4n) is 2.47. The molecule has 25 heavy (non-hydrogen) atoms. The Morgan fingerprint density at radius 2 is 1.84 bits per heavy atom. The van der Waals surface area contributed by atoms with Crippen molar-refractivity contribution in [3.05, 3.63) is 58.2 Å². The van der Waals surface area contributed by atoms with E-state index in [0.29, 0.717) is 28.0 Å². The molecule has 0 aromatic heterocycles. The molecule has 0 bridgehead atoms. The molecule has 1 aliphatic rings. The normalized spacial score (nSPS) is 15.5. The number of carbonyl (C=O) groups is 1. The Hall–Kier alpha value is -2.38. The van der Waals surface area contributed by atoms with Crippen LogP contribution in [0.3, 0.4) is 0 Å². The van der Waals surface area contributed by atoms with Crippen molar-refractivity contribution in [2.45, 2.75) is 0 Å². The number of anilines is 1. The zero-order valence-corrected chi connectivity index (χ0v) is 16.0. The third-order valence-corrected chi connectivity index (χ3v) is 4.48. The van der Waals surface area contributed by atoms with Crippen molar-refractivity contribution in [2.75, 3.05) is 19.1 Å². The van der Waals surface area contributed by atoms with E-state index < -0.39 is 0 Å². The maximum absolute atomic E-state index is 12.8. The van der Waals surface area contributed by atoms with Gasteiger partial charge >= 0.3 is 0 Å². The van der Waals surface area contributed by atoms with Gasteiger partial charge in [-0.15, -0.1) is 0 Å². The molecular formula is C18H15BrN2O3S. The van der Waals surface area contributed by atoms with E-state index >= 15 is 0 Å². The molecule has 0 unspecified atom stereocenters. The molecule has 5 nitrogen and oxygen atoms in total. The molecule has 0 saturated carbocycles. The number of benzene rings is 2. The lowest BCUT2D eigenvalue weighted by Gasteiger charge is -2.14. The average Bonchev–Trinajstić information content (AvgIpc) is 2.89. The van der Waals surface area contributed by atoms with Crippen LogP contribution in [0.15, 0.2) is 52.6 Å². The third kappa shape index (κ3) is 3.52. The summed E-state index contributed by atoms with van der Waals surface area (Å²) in [5, 5.41) is 3.30. The topological polar surface area (TPSA) is 50.8 Å². The Bertz CT molecular complexity index is 865. The lowest BCUT2D eigenvalue weighted by atomic mass is 10.1. The minimum absolute atomic E-state index is 0.225. The van der Waals surface area contributed by atoms with Gasteiger partial charge in [0.25, 0.3) is 5.91 Å². The van der Waals surface area contributed by atoms with Gasteiger partial charge in [-0.05, 0) is 60.8 Å². The van der Waals surface area contributed by atoms with Gasteiger partial charge in [-0.1, -0.05) is 15.9 Å². The first-order chi connectivity index (χ1) is 12.0. The van der Waals surface area contributed by atoms with Crippen LogP contribution in [-0.4, -0.2) is 25.2 Å². The van der Waals surface area contributed by atoms with Crippen molar-refractivity contribution in [3.8, 4) is 11.5 Å². The van der Waals surface area contributed by atoms with Crippen molar-refractivity contribution >= 4 is 50.9 Å². The number of thiocarbonyl (C=S) groups is 1. The Balaban J connectivity index is 1.94. The minimum atomic E-state index is -0.225. The van der Waals surface area contributed by atoms with Crippen LogP contribution in [0, 0.1) is 0 Å². The van der Waals surface area contributed by atoms with Gasteiger partial charge in [-0.2, -0.15) is 0 Å². The Morgan fingerprint density at radius 1 is 1.12 bits per heavy atom. The van der Waals surface area contributed by atoms with E-state index in [1.807, 2.05) is 18.2 Å². The van der Waals surface area contributed by atoms with Gasteiger partial charge in [0, 0.05) is 10.0 Å². The second kappa shape index (κ2) is 7.25. The van der Waals surface area contributed by atoms with Gasteiger partial charge < -0.3 is 14.8 Å². The predicted octanol–water partition coefficient (Wildman–Crippen LogP) is 3.73. The maximum atomic E-state index is 12.8. The Kier molecular flexibility index (Phi) is 5.06. The van der Waals surface area contributed by atoms with E-state index in [0.717, 1.165) is 10.0 Å². The van der Waals surface area contributed by atoms with Gasteiger partial charge in [0.2, 0.25) is 0 Å². The van der Waals surface area contributed by atoms with Gasteiger partial charge in [-0.3, -0.25) is 9.69 Å². The van der Waals surface area contributed by atoms with Crippen LogP contribution in [0.5, 0.6) is 11.5 Å². The number of halogens is 1. The smallest absolute Gasteiger partial charge is 0.281 e. The number of rotatable bonds is 4. The highest BCUT2D eigenvalue weighted by Crippen LogP contribution is 2.28. The number of hydrogen-bond acceptors (Lipinski definition) is 4. The molecule has 0 aliphatic carbocycles. The minimum Gasteiger partial charge on any atom is -0.497 e. The van der Waals surface area contributed by atoms with Gasteiger partial charge in [0.05, 0.1) is 19.9 Å². The number of ether oxygens (including phenoxy) is 2. The van der Waals surface area contributed by atoms with E-state index in [1.54, 1.807) is 44.6 Å². The molecule has 1 N–H and O–H groups in total. The lowest BCUT2D eigenvalue weighted by Crippen LogP contribution is -2.30. The molecule has 1 aliphatic heterocycles. The molecule has 7 heteroatoms. The summed E-state index contributed by atoms with van der Waals surface area (Å²) in [5.41, 5.74) is 1.83. The molecule has 1 heterocycles. The summed E-state index contributed by atoms with van der Waals surface area (Å²) < 4.78 is 11.4. The highest BCUT2D eigenvalue weighted by atomic mass is 79.9. The zero-order valence-electron chi connectivity index (χ0n) is 13.6.